The van der Waals surface area contributed by atoms with Crippen LogP contribution in [-0.4, -0.2) is 50.6 Å². The summed E-state index contributed by atoms with van der Waals surface area (Å²) in [5, 5.41) is 5.42. The fourth-order valence-electron chi connectivity index (χ4n) is 3.00. The van der Waals surface area contributed by atoms with Gasteiger partial charge in [-0.2, -0.15) is 8.78 Å². The van der Waals surface area contributed by atoms with Crippen LogP contribution in [0.1, 0.15) is 19.4 Å². The molecule has 0 spiro atoms. The highest BCUT2D eigenvalue weighted by Crippen LogP contribution is 2.30. The molecule has 0 aliphatic rings. The van der Waals surface area contributed by atoms with Crippen molar-refractivity contribution in [1.29, 1.82) is 0 Å². The number of carbonyl (C=O) groups is 2. The molecule has 0 bridgehead atoms. The zero-order chi connectivity index (χ0) is 23.7. The summed E-state index contributed by atoms with van der Waals surface area (Å²) in [5.41, 5.74) is 1.70. The third kappa shape index (κ3) is 7.69. The fourth-order valence-corrected chi connectivity index (χ4v) is 3.00. The van der Waals surface area contributed by atoms with Gasteiger partial charge >= 0.3 is 6.61 Å². The molecule has 0 atom stereocenters. The van der Waals surface area contributed by atoms with Crippen LogP contribution < -0.4 is 24.8 Å². The van der Waals surface area contributed by atoms with E-state index in [1.165, 1.54) is 20.1 Å². The summed E-state index contributed by atoms with van der Waals surface area (Å²) >= 11 is 0. The third-order valence-electron chi connectivity index (χ3n) is 4.18. The van der Waals surface area contributed by atoms with Crippen LogP contribution in [0.3, 0.4) is 0 Å². The van der Waals surface area contributed by atoms with E-state index in [1.807, 2.05) is 0 Å². The van der Waals surface area contributed by atoms with Crippen molar-refractivity contribution in [3.63, 3.8) is 0 Å². The Balaban J connectivity index is 2.04. The van der Waals surface area contributed by atoms with Gasteiger partial charge < -0.3 is 24.8 Å². The summed E-state index contributed by atoms with van der Waals surface area (Å²) < 4.78 is 40.2. The first-order chi connectivity index (χ1) is 15.2. The predicted octanol–water partition coefficient (Wildman–Crippen LogP) is 3.72. The molecule has 0 saturated heterocycles. The molecule has 0 heterocycles. The van der Waals surface area contributed by atoms with Crippen molar-refractivity contribution >= 4 is 23.2 Å². The highest BCUT2D eigenvalue weighted by molar-refractivity contribution is 5.95. The molecule has 0 aliphatic carbocycles. The molecule has 8 nitrogen and oxygen atoms in total. The van der Waals surface area contributed by atoms with E-state index in [9.17, 15) is 18.4 Å². The minimum absolute atomic E-state index is 0.0443. The summed E-state index contributed by atoms with van der Waals surface area (Å²) in [6, 6.07) is 9.57. The van der Waals surface area contributed by atoms with E-state index in [0.29, 0.717) is 30.3 Å². The third-order valence-corrected chi connectivity index (χ3v) is 4.18. The molecular formula is C22H27F2N3O5. The van der Waals surface area contributed by atoms with Crippen LogP contribution in [0.2, 0.25) is 0 Å². The zero-order valence-electron chi connectivity index (χ0n) is 18.4. The van der Waals surface area contributed by atoms with Crippen LogP contribution >= 0.6 is 0 Å². The van der Waals surface area contributed by atoms with Crippen LogP contribution in [0.15, 0.2) is 36.4 Å². The summed E-state index contributed by atoms with van der Waals surface area (Å²) in [5.74, 6) is 0.0860. The topological polar surface area (TPSA) is 89.1 Å². The summed E-state index contributed by atoms with van der Waals surface area (Å²) in [6.45, 7) is 0.886. The Morgan fingerprint density at radius 3 is 2.41 bits per heavy atom. The monoisotopic (exact) mass is 451 g/mol. The second kappa shape index (κ2) is 11.8. The van der Waals surface area contributed by atoms with Gasteiger partial charge in [0.1, 0.15) is 5.75 Å². The molecule has 2 amide bonds. The maximum atomic E-state index is 12.6. The smallest absolute Gasteiger partial charge is 0.387 e. The molecule has 0 unspecified atom stereocenters. The molecule has 0 radical (unpaired) electrons. The van der Waals surface area contributed by atoms with Gasteiger partial charge in [-0.15, -0.1) is 0 Å². The lowest BCUT2D eigenvalue weighted by atomic mass is 10.2. The van der Waals surface area contributed by atoms with Gasteiger partial charge in [0.2, 0.25) is 11.8 Å². The molecule has 0 aromatic heterocycles. The lowest BCUT2D eigenvalue weighted by Gasteiger charge is -2.19. The van der Waals surface area contributed by atoms with Crippen LogP contribution in [0, 0.1) is 0 Å². The number of nitrogens with zero attached hydrogens (tertiary/aromatic N) is 1. The second-order valence-corrected chi connectivity index (χ2v) is 6.91. The number of likely N-dealkylation sites (N-methyl/N-ethyl adjacent to an activating group) is 1. The van der Waals surface area contributed by atoms with E-state index < -0.39 is 6.61 Å². The number of hydrogen-bond donors (Lipinski definition) is 2. The number of rotatable bonds is 11. The summed E-state index contributed by atoms with van der Waals surface area (Å²) in [4.78, 5) is 25.6. The van der Waals surface area contributed by atoms with Crippen molar-refractivity contribution in [2.24, 2.45) is 0 Å². The van der Waals surface area contributed by atoms with Crippen LogP contribution in [-0.2, 0) is 16.1 Å². The molecule has 2 aromatic carbocycles. The number of carbonyl (C=O) groups excluding carboxylic acids is 2. The van der Waals surface area contributed by atoms with E-state index in [1.54, 1.807) is 49.2 Å². The molecule has 0 saturated carbocycles. The average molecular weight is 451 g/mol. The molecule has 10 heteroatoms. The van der Waals surface area contributed by atoms with Crippen molar-refractivity contribution in [3.8, 4) is 17.2 Å². The van der Waals surface area contributed by atoms with Gasteiger partial charge in [0, 0.05) is 19.2 Å². The molecule has 0 fully saturated rings. The van der Waals surface area contributed by atoms with Gasteiger partial charge in [0.25, 0.3) is 0 Å². The Hall–Kier alpha value is -3.40. The number of nitrogens with one attached hydrogen (secondary N) is 2. The quantitative estimate of drug-likeness (QED) is 0.541. The highest BCUT2D eigenvalue weighted by Gasteiger charge is 2.15. The van der Waals surface area contributed by atoms with E-state index in [0.717, 1.165) is 5.56 Å². The van der Waals surface area contributed by atoms with Gasteiger partial charge in [-0.25, -0.2) is 0 Å². The van der Waals surface area contributed by atoms with Gasteiger partial charge in [0.05, 0.1) is 25.9 Å². The Labute approximate surface area is 185 Å². The molecule has 32 heavy (non-hydrogen) atoms. The van der Waals surface area contributed by atoms with Crippen molar-refractivity contribution in [3.05, 3.63) is 42.0 Å². The van der Waals surface area contributed by atoms with Crippen molar-refractivity contribution < 1.29 is 32.6 Å². The van der Waals surface area contributed by atoms with Crippen LogP contribution in [0.25, 0.3) is 0 Å². The number of hydrogen-bond acceptors (Lipinski definition) is 6. The summed E-state index contributed by atoms with van der Waals surface area (Å²) in [7, 11) is 3.22. The van der Waals surface area contributed by atoms with Gasteiger partial charge in [0.15, 0.2) is 11.5 Å². The molecule has 2 aromatic rings. The van der Waals surface area contributed by atoms with Gasteiger partial charge in [-0.3, -0.25) is 14.5 Å². The highest BCUT2D eigenvalue weighted by atomic mass is 19.3. The van der Waals surface area contributed by atoms with Gasteiger partial charge in [-0.05, 0) is 49.9 Å². The largest absolute Gasteiger partial charge is 0.495 e. The Kier molecular flexibility index (Phi) is 9.21. The minimum Gasteiger partial charge on any atom is -0.495 e. The number of benzene rings is 2. The Bertz CT molecular complexity index is 940. The molecule has 2 N–H and O–H groups in total. The van der Waals surface area contributed by atoms with Gasteiger partial charge in [-0.1, -0.05) is 6.07 Å². The number of methoxy groups -OCH3 is 1. The lowest BCUT2D eigenvalue weighted by Crippen LogP contribution is -2.30. The SMILES string of the molecule is CCOc1cc(CN(C)CC(=O)Nc2cc(NC(C)=O)ccc2OC)ccc1OC(F)F. The second-order valence-electron chi connectivity index (χ2n) is 6.91. The zero-order valence-corrected chi connectivity index (χ0v) is 18.4. The Morgan fingerprint density at radius 2 is 1.78 bits per heavy atom. The maximum absolute atomic E-state index is 12.6. The molecule has 174 valence electrons. The number of alkyl halides is 2. The van der Waals surface area contributed by atoms with Crippen LogP contribution in [0.4, 0.5) is 20.2 Å². The standard InChI is InChI=1S/C22H27F2N3O5/c1-5-31-20-10-15(6-8-19(20)32-22(23)24)12-27(3)13-21(29)26-17-11-16(25-14(2)28)7-9-18(17)30-4/h6-11,22H,5,12-13H2,1-4H3,(H,25,28)(H,26,29). The number of halogens is 2. The molecule has 2 rings (SSSR count). The number of amides is 2. The van der Waals surface area contributed by atoms with E-state index >= 15 is 0 Å². The number of anilines is 2. The molecular weight excluding hydrogens is 424 g/mol. The summed E-state index contributed by atoms with van der Waals surface area (Å²) in [6.07, 6.45) is 0. The van der Waals surface area contributed by atoms with Crippen LogP contribution in [0.5, 0.6) is 17.2 Å². The Morgan fingerprint density at radius 1 is 1.06 bits per heavy atom. The van der Waals surface area contributed by atoms with E-state index in [4.69, 9.17) is 9.47 Å². The lowest BCUT2D eigenvalue weighted by molar-refractivity contribution is -0.117. The minimum atomic E-state index is -2.95. The predicted molar refractivity (Wildman–Crippen MR) is 117 cm³/mol. The first-order valence-corrected chi connectivity index (χ1v) is 9.86. The van der Waals surface area contributed by atoms with E-state index in [2.05, 4.69) is 15.4 Å². The van der Waals surface area contributed by atoms with E-state index in [-0.39, 0.29) is 29.9 Å². The first-order valence-electron chi connectivity index (χ1n) is 9.86. The first kappa shape index (κ1) is 24.9. The van der Waals surface area contributed by atoms with Crippen molar-refractivity contribution in [2.75, 3.05) is 37.9 Å². The average Bonchev–Trinajstić information content (AvgIpc) is 2.69. The normalized spacial score (nSPS) is 10.8. The number of ether oxygens (including phenoxy) is 3. The molecule has 0 aliphatic heterocycles. The fraction of sp³-hybridized carbons (Fsp3) is 0.364. The maximum Gasteiger partial charge on any atom is 0.387 e. The van der Waals surface area contributed by atoms with Crippen molar-refractivity contribution in [1.82, 2.24) is 4.90 Å². The van der Waals surface area contributed by atoms with Crippen molar-refractivity contribution in [2.45, 2.75) is 27.0 Å².